The third-order valence-electron chi connectivity index (χ3n) is 6.01. The molecule has 2 heterocycles. The molecule has 2 saturated heterocycles. The Morgan fingerprint density at radius 2 is 1.00 bits per heavy atom. The summed E-state index contributed by atoms with van der Waals surface area (Å²) in [5.74, 6) is -5.57. The molecule has 2 aliphatic heterocycles. The molecule has 0 saturated carbocycles. The van der Waals surface area contributed by atoms with Crippen molar-refractivity contribution in [2.45, 2.75) is 110 Å². The van der Waals surface area contributed by atoms with Crippen molar-refractivity contribution >= 4 is 41.7 Å². The van der Waals surface area contributed by atoms with Gasteiger partial charge in [-0.2, -0.15) is 0 Å². The highest BCUT2D eigenvalue weighted by Crippen LogP contribution is 2.31. The third-order valence-corrected chi connectivity index (χ3v) is 6.01. The number of nitrogens with one attached hydrogen (secondary N) is 1. The summed E-state index contributed by atoms with van der Waals surface area (Å²) in [6.45, 7) is 6.42. The van der Waals surface area contributed by atoms with Crippen LogP contribution in [0.3, 0.4) is 0 Å². The Morgan fingerprint density at radius 1 is 0.568 bits per heavy atom. The zero-order valence-electron chi connectivity index (χ0n) is 25.2. The first-order valence-electron chi connectivity index (χ1n) is 13.4. The number of carbonyl (C=O) groups is 7. The van der Waals surface area contributed by atoms with Crippen LogP contribution < -0.4 is 5.32 Å². The SMILES string of the molecule is CC(=O)N[C@H]1[C@H](OC[C@H]2O[C@@H](O)[C@H](OC(C)=O)[C@@H](OC(C)=O)[C@@H]2OC(C)=O)O[C@H](COC(C)=O)[C@@H](OC(C)=O)[C@@H]1OC(C)=O. The van der Waals surface area contributed by atoms with Crippen LogP contribution in [0.4, 0.5) is 0 Å². The van der Waals surface area contributed by atoms with E-state index >= 15 is 0 Å². The summed E-state index contributed by atoms with van der Waals surface area (Å²) in [7, 11) is 0. The van der Waals surface area contributed by atoms with E-state index in [2.05, 4.69) is 5.32 Å². The van der Waals surface area contributed by atoms with Crippen LogP contribution in [0.1, 0.15) is 48.5 Å². The minimum Gasteiger partial charge on any atom is -0.463 e. The number of carbonyl (C=O) groups excluding carboxylic acids is 7. The molecule has 2 N–H and O–H groups in total. The Hall–Kier alpha value is -3.87. The first-order chi connectivity index (χ1) is 20.5. The minimum atomic E-state index is -1.89. The summed E-state index contributed by atoms with van der Waals surface area (Å²) in [6, 6.07) is -1.34. The van der Waals surface area contributed by atoms with Gasteiger partial charge in [-0.25, -0.2) is 0 Å². The molecule has 2 fully saturated rings. The number of amides is 1. The Labute approximate surface area is 251 Å². The van der Waals surface area contributed by atoms with Crippen molar-refractivity contribution in [3.8, 4) is 0 Å². The van der Waals surface area contributed by atoms with Gasteiger partial charge in [0.1, 0.15) is 24.9 Å². The number of aliphatic hydroxyl groups excluding tert-OH is 1. The van der Waals surface area contributed by atoms with E-state index in [1.165, 1.54) is 0 Å². The topological polar surface area (TPSA) is 235 Å². The molecule has 44 heavy (non-hydrogen) atoms. The molecule has 0 unspecified atom stereocenters. The smallest absolute Gasteiger partial charge is 0.303 e. The van der Waals surface area contributed by atoms with E-state index < -0.39 is 116 Å². The molecular weight excluding hydrogens is 598 g/mol. The van der Waals surface area contributed by atoms with Crippen LogP contribution >= 0.6 is 0 Å². The van der Waals surface area contributed by atoms with Crippen LogP contribution in [-0.2, 0) is 76.2 Å². The van der Waals surface area contributed by atoms with Crippen LogP contribution in [-0.4, -0.2) is 121 Å². The van der Waals surface area contributed by atoms with Gasteiger partial charge in [-0.3, -0.25) is 33.6 Å². The van der Waals surface area contributed by atoms with Gasteiger partial charge in [0.2, 0.25) is 5.91 Å². The fraction of sp³-hybridized carbons (Fsp3) is 0.731. The fourth-order valence-electron chi connectivity index (χ4n) is 4.63. The summed E-state index contributed by atoms with van der Waals surface area (Å²) in [5.41, 5.74) is 0. The Balaban J connectivity index is 2.48. The fourth-order valence-corrected chi connectivity index (χ4v) is 4.63. The van der Waals surface area contributed by atoms with E-state index in [-0.39, 0.29) is 0 Å². The van der Waals surface area contributed by atoms with Gasteiger partial charge in [0.15, 0.2) is 43.1 Å². The highest BCUT2D eigenvalue weighted by atomic mass is 16.7. The van der Waals surface area contributed by atoms with Gasteiger partial charge in [0.25, 0.3) is 0 Å². The molecule has 0 aromatic carbocycles. The van der Waals surface area contributed by atoms with E-state index in [0.29, 0.717) is 0 Å². The van der Waals surface area contributed by atoms with Crippen LogP contribution in [0.5, 0.6) is 0 Å². The Kier molecular flexibility index (Phi) is 13.4. The monoisotopic (exact) mass is 635 g/mol. The van der Waals surface area contributed by atoms with Crippen LogP contribution in [0, 0.1) is 0 Å². The quantitative estimate of drug-likeness (QED) is 0.188. The second-order valence-corrected chi connectivity index (χ2v) is 9.84. The van der Waals surface area contributed by atoms with Crippen molar-refractivity contribution in [1.82, 2.24) is 5.32 Å². The highest BCUT2D eigenvalue weighted by molar-refractivity contribution is 5.74. The van der Waals surface area contributed by atoms with Crippen molar-refractivity contribution in [2.75, 3.05) is 13.2 Å². The van der Waals surface area contributed by atoms with Gasteiger partial charge < -0.3 is 53.1 Å². The van der Waals surface area contributed by atoms with Crippen molar-refractivity contribution < 1.29 is 81.3 Å². The lowest BCUT2D eigenvalue weighted by molar-refractivity contribution is -0.316. The molecule has 0 radical (unpaired) electrons. The lowest BCUT2D eigenvalue weighted by atomic mass is 9.95. The summed E-state index contributed by atoms with van der Waals surface area (Å²) in [5, 5.41) is 13.1. The maximum Gasteiger partial charge on any atom is 0.303 e. The number of aliphatic hydroxyl groups is 1. The van der Waals surface area contributed by atoms with Gasteiger partial charge >= 0.3 is 35.8 Å². The number of hydrogen-bond donors (Lipinski definition) is 2. The van der Waals surface area contributed by atoms with Gasteiger partial charge in [0.05, 0.1) is 6.61 Å². The van der Waals surface area contributed by atoms with E-state index in [9.17, 15) is 38.7 Å². The van der Waals surface area contributed by atoms with E-state index in [0.717, 1.165) is 48.5 Å². The first kappa shape index (κ1) is 36.3. The van der Waals surface area contributed by atoms with E-state index in [1.54, 1.807) is 0 Å². The second-order valence-electron chi connectivity index (χ2n) is 9.84. The standard InChI is InChI=1S/C26H37NO17/c1-10(28)27-19-22(40-14(5)32)20(38-12(3)30)18(8-36-11(2)29)44-26(19)37-9-17-21(39-13(4)31)23(41-15(6)33)24(25(35)43-17)42-16(7)34/h17-26,35H,8-9H2,1-7H3,(H,27,28)/t17-,18-,19-,20-,21-,22-,23+,24-,25-,26-/m1/s1. The van der Waals surface area contributed by atoms with Crippen LogP contribution in [0.15, 0.2) is 0 Å². The number of ether oxygens (including phenoxy) is 9. The largest absolute Gasteiger partial charge is 0.463 e. The molecule has 0 aromatic rings. The molecular formula is C26H37NO17. The average Bonchev–Trinajstić information content (AvgIpc) is 2.87. The van der Waals surface area contributed by atoms with Crippen LogP contribution in [0.25, 0.3) is 0 Å². The zero-order valence-corrected chi connectivity index (χ0v) is 25.2. The predicted molar refractivity (Wildman–Crippen MR) is 138 cm³/mol. The number of hydrogen-bond acceptors (Lipinski definition) is 17. The minimum absolute atomic E-state index is 0.495. The molecule has 248 valence electrons. The summed E-state index contributed by atoms with van der Waals surface area (Å²) in [4.78, 5) is 83.2. The highest BCUT2D eigenvalue weighted by Gasteiger charge is 2.54. The second kappa shape index (κ2) is 16.3. The lowest BCUT2D eigenvalue weighted by Gasteiger charge is -2.46. The molecule has 2 rings (SSSR count). The molecule has 0 aromatic heterocycles. The summed E-state index contributed by atoms with van der Waals surface area (Å²) >= 11 is 0. The first-order valence-corrected chi connectivity index (χ1v) is 13.4. The number of rotatable bonds is 11. The Bertz CT molecular complexity index is 1090. The average molecular weight is 636 g/mol. The zero-order chi connectivity index (χ0) is 33.3. The summed E-state index contributed by atoms with van der Waals surface area (Å²) in [6.07, 6.45) is -13.6. The maximum atomic E-state index is 12.2. The maximum absolute atomic E-state index is 12.2. The van der Waals surface area contributed by atoms with E-state index in [1.807, 2.05) is 0 Å². The summed E-state index contributed by atoms with van der Waals surface area (Å²) < 4.78 is 48.7. The van der Waals surface area contributed by atoms with Gasteiger partial charge in [-0.15, -0.1) is 0 Å². The number of esters is 6. The van der Waals surface area contributed by atoms with Gasteiger partial charge in [0, 0.05) is 48.5 Å². The Morgan fingerprint density at radius 3 is 1.48 bits per heavy atom. The molecule has 0 bridgehead atoms. The lowest BCUT2D eigenvalue weighted by Crippen LogP contribution is -2.67. The molecule has 18 heteroatoms. The molecule has 18 nitrogen and oxygen atoms in total. The molecule has 0 aliphatic carbocycles. The van der Waals surface area contributed by atoms with Gasteiger partial charge in [-0.05, 0) is 0 Å². The van der Waals surface area contributed by atoms with Crippen molar-refractivity contribution in [1.29, 1.82) is 0 Å². The predicted octanol–water partition coefficient (Wildman–Crippen LogP) is -1.83. The molecule has 2 aliphatic rings. The van der Waals surface area contributed by atoms with Crippen LogP contribution in [0.2, 0.25) is 0 Å². The third kappa shape index (κ3) is 10.7. The molecule has 0 spiro atoms. The normalized spacial score (nSPS) is 31.5. The molecule has 1 amide bonds. The molecule has 10 atom stereocenters. The van der Waals surface area contributed by atoms with E-state index in [4.69, 9.17) is 42.6 Å². The van der Waals surface area contributed by atoms with Gasteiger partial charge in [-0.1, -0.05) is 0 Å². The van der Waals surface area contributed by atoms with Crippen molar-refractivity contribution in [3.05, 3.63) is 0 Å². The van der Waals surface area contributed by atoms with Crippen molar-refractivity contribution in [3.63, 3.8) is 0 Å². The van der Waals surface area contributed by atoms with Crippen molar-refractivity contribution in [2.24, 2.45) is 0 Å².